The number of benzene rings is 1. The number of anilines is 1. The number of halogens is 1. The van der Waals surface area contributed by atoms with Crippen LogP contribution in [-0.2, 0) is 15.3 Å². The van der Waals surface area contributed by atoms with Gasteiger partial charge in [0.25, 0.3) is 0 Å². The van der Waals surface area contributed by atoms with E-state index in [0.29, 0.717) is 37.9 Å². The van der Waals surface area contributed by atoms with Gasteiger partial charge in [0, 0.05) is 31.2 Å². The number of nitrogens with two attached hydrogens (primary N) is 1. The third-order valence-electron chi connectivity index (χ3n) is 4.59. The summed E-state index contributed by atoms with van der Waals surface area (Å²) in [6, 6.07) is 6.12. The number of carbonyl (C=O) groups is 1. The van der Waals surface area contributed by atoms with Gasteiger partial charge >= 0.3 is 0 Å². The van der Waals surface area contributed by atoms with E-state index in [1.54, 1.807) is 0 Å². The zero-order chi connectivity index (χ0) is 16.9. The SMILES string of the molecule is Cc1c(CSC(C)C)cccc1NC(=O)C1(CN)CCOCC1.Cl. The van der Waals surface area contributed by atoms with Crippen molar-refractivity contribution in [3.8, 4) is 0 Å². The average molecular weight is 373 g/mol. The lowest BCUT2D eigenvalue weighted by Gasteiger charge is -2.34. The summed E-state index contributed by atoms with van der Waals surface area (Å²) in [5.74, 6) is 0.989. The van der Waals surface area contributed by atoms with Gasteiger partial charge in [-0.1, -0.05) is 26.0 Å². The summed E-state index contributed by atoms with van der Waals surface area (Å²) in [6.07, 6.45) is 1.38. The number of amides is 1. The fourth-order valence-corrected chi connectivity index (χ4v) is 3.60. The molecule has 2 rings (SSSR count). The van der Waals surface area contributed by atoms with Crippen LogP contribution in [0.3, 0.4) is 0 Å². The molecule has 0 bridgehead atoms. The summed E-state index contributed by atoms with van der Waals surface area (Å²) in [5, 5.41) is 3.71. The summed E-state index contributed by atoms with van der Waals surface area (Å²) >= 11 is 1.91. The molecule has 0 atom stereocenters. The Morgan fingerprint density at radius 2 is 2.04 bits per heavy atom. The van der Waals surface area contributed by atoms with Crippen LogP contribution in [0.1, 0.15) is 37.8 Å². The number of rotatable bonds is 6. The van der Waals surface area contributed by atoms with Crippen LogP contribution in [-0.4, -0.2) is 30.9 Å². The first-order chi connectivity index (χ1) is 11.0. The van der Waals surface area contributed by atoms with Gasteiger partial charge in [-0.25, -0.2) is 0 Å². The summed E-state index contributed by atoms with van der Waals surface area (Å²) in [6.45, 7) is 8.04. The van der Waals surface area contributed by atoms with Crippen molar-refractivity contribution in [2.75, 3.05) is 25.1 Å². The molecule has 136 valence electrons. The molecule has 1 aromatic rings. The Labute approximate surface area is 155 Å². The van der Waals surface area contributed by atoms with Gasteiger partial charge in [0.2, 0.25) is 5.91 Å². The molecule has 0 spiro atoms. The molecule has 3 N–H and O–H groups in total. The molecule has 1 heterocycles. The van der Waals surface area contributed by atoms with Crippen LogP contribution in [0.2, 0.25) is 0 Å². The molecule has 1 saturated heterocycles. The number of thioether (sulfide) groups is 1. The largest absolute Gasteiger partial charge is 0.381 e. The predicted octanol–water partition coefficient (Wildman–Crippen LogP) is 3.75. The van der Waals surface area contributed by atoms with Crippen molar-refractivity contribution < 1.29 is 9.53 Å². The molecule has 0 unspecified atom stereocenters. The third kappa shape index (κ3) is 5.12. The van der Waals surface area contributed by atoms with E-state index in [0.717, 1.165) is 17.0 Å². The molecular weight excluding hydrogens is 344 g/mol. The van der Waals surface area contributed by atoms with E-state index in [2.05, 4.69) is 32.2 Å². The maximum atomic E-state index is 12.8. The molecule has 1 amide bonds. The smallest absolute Gasteiger partial charge is 0.232 e. The van der Waals surface area contributed by atoms with E-state index < -0.39 is 5.41 Å². The summed E-state index contributed by atoms with van der Waals surface area (Å²) in [4.78, 5) is 12.8. The second-order valence-corrected chi connectivity index (χ2v) is 8.07. The summed E-state index contributed by atoms with van der Waals surface area (Å²) in [7, 11) is 0. The van der Waals surface area contributed by atoms with E-state index in [9.17, 15) is 4.79 Å². The Hall–Kier alpha value is -0.750. The lowest BCUT2D eigenvalue weighted by molar-refractivity contribution is -0.130. The van der Waals surface area contributed by atoms with E-state index in [-0.39, 0.29) is 18.3 Å². The Balaban J connectivity index is 0.00000288. The first kappa shape index (κ1) is 21.3. The molecular formula is C18H29ClN2O2S. The fourth-order valence-electron chi connectivity index (χ4n) is 2.77. The number of hydrogen-bond acceptors (Lipinski definition) is 4. The first-order valence-corrected chi connectivity index (χ1v) is 9.33. The van der Waals surface area contributed by atoms with Crippen molar-refractivity contribution >= 4 is 35.8 Å². The predicted molar refractivity (Wildman–Crippen MR) is 105 cm³/mol. The minimum atomic E-state index is -0.493. The van der Waals surface area contributed by atoms with Crippen LogP contribution in [0.5, 0.6) is 0 Å². The number of carbonyl (C=O) groups excluding carboxylic acids is 1. The van der Waals surface area contributed by atoms with Crippen LogP contribution < -0.4 is 11.1 Å². The molecule has 1 aliphatic rings. The van der Waals surface area contributed by atoms with Crippen molar-refractivity contribution in [1.29, 1.82) is 0 Å². The van der Waals surface area contributed by atoms with Crippen molar-refractivity contribution in [1.82, 2.24) is 0 Å². The zero-order valence-corrected chi connectivity index (χ0v) is 16.4. The minimum Gasteiger partial charge on any atom is -0.381 e. The third-order valence-corrected chi connectivity index (χ3v) is 5.73. The van der Waals surface area contributed by atoms with E-state index in [4.69, 9.17) is 10.5 Å². The quantitative estimate of drug-likeness (QED) is 0.798. The minimum absolute atomic E-state index is 0. The van der Waals surface area contributed by atoms with Gasteiger partial charge in [-0.3, -0.25) is 4.79 Å². The highest BCUT2D eigenvalue weighted by molar-refractivity contribution is 7.99. The van der Waals surface area contributed by atoms with E-state index >= 15 is 0 Å². The molecule has 0 saturated carbocycles. The van der Waals surface area contributed by atoms with Crippen molar-refractivity contribution in [3.63, 3.8) is 0 Å². The molecule has 1 aliphatic heterocycles. The highest BCUT2D eigenvalue weighted by atomic mass is 35.5. The van der Waals surface area contributed by atoms with Gasteiger partial charge < -0.3 is 15.8 Å². The molecule has 6 heteroatoms. The van der Waals surface area contributed by atoms with Crippen molar-refractivity contribution in [2.24, 2.45) is 11.1 Å². The lowest BCUT2D eigenvalue weighted by Crippen LogP contribution is -2.46. The second-order valence-electron chi connectivity index (χ2n) is 6.50. The second kappa shape index (κ2) is 9.66. The van der Waals surface area contributed by atoms with Crippen molar-refractivity contribution in [2.45, 2.75) is 44.6 Å². The maximum absolute atomic E-state index is 12.8. The van der Waals surface area contributed by atoms with Crippen LogP contribution in [0, 0.1) is 12.3 Å². The van der Waals surface area contributed by atoms with Gasteiger partial charge in [-0.05, 0) is 42.2 Å². The first-order valence-electron chi connectivity index (χ1n) is 8.28. The standard InChI is InChI=1S/C18H28N2O2S.ClH/c1-13(2)23-11-15-5-4-6-16(14(15)3)20-17(21)18(12-19)7-9-22-10-8-18;/h4-6,13H,7-12,19H2,1-3H3,(H,20,21);1H. The molecule has 1 aromatic carbocycles. The zero-order valence-electron chi connectivity index (χ0n) is 14.8. The molecule has 0 aliphatic carbocycles. The topological polar surface area (TPSA) is 64.4 Å². The Bertz CT molecular complexity index is 546. The Kier molecular flexibility index (Phi) is 8.57. The van der Waals surface area contributed by atoms with Gasteiger partial charge in [0.15, 0.2) is 0 Å². The average Bonchev–Trinajstić information content (AvgIpc) is 2.56. The highest BCUT2D eigenvalue weighted by Crippen LogP contribution is 2.32. The van der Waals surface area contributed by atoms with Gasteiger partial charge in [0.1, 0.15) is 0 Å². The summed E-state index contributed by atoms with van der Waals surface area (Å²) in [5.41, 5.74) is 8.75. The Morgan fingerprint density at radius 3 is 2.62 bits per heavy atom. The van der Waals surface area contributed by atoms with Gasteiger partial charge in [-0.15, -0.1) is 12.4 Å². The molecule has 0 aromatic heterocycles. The maximum Gasteiger partial charge on any atom is 0.232 e. The van der Waals surface area contributed by atoms with Crippen molar-refractivity contribution in [3.05, 3.63) is 29.3 Å². The van der Waals surface area contributed by atoms with Crippen LogP contribution in [0.4, 0.5) is 5.69 Å². The fraction of sp³-hybridized carbons (Fsp3) is 0.611. The van der Waals surface area contributed by atoms with Crippen LogP contribution in [0.15, 0.2) is 18.2 Å². The normalized spacial score (nSPS) is 16.5. The molecule has 1 fully saturated rings. The molecule has 24 heavy (non-hydrogen) atoms. The van der Waals surface area contributed by atoms with E-state index in [1.807, 2.05) is 23.9 Å². The monoisotopic (exact) mass is 372 g/mol. The highest BCUT2D eigenvalue weighted by Gasteiger charge is 2.38. The van der Waals surface area contributed by atoms with Crippen LogP contribution in [0.25, 0.3) is 0 Å². The lowest BCUT2D eigenvalue weighted by atomic mass is 9.79. The number of ether oxygens (including phenoxy) is 1. The van der Waals surface area contributed by atoms with Gasteiger partial charge in [0.05, 0.1) is 5.41 Å². The van der Waals surface area contributed by atoms with E-state index in [1.165, 1.54) is 5.56 Å². The Morgan fingerprint density at radius 1 is 1.38 bits per heavy atom. The number of hydrogen-bond donors (Lipinski definition) is 2. The number of nitrogens with one attached hydrogen (secondary N) is 1. The molecule has 4 nitrogen and oxygen atoms in total. The molecule has 0 radical (unpaired) electrons. The van der Waals surface area contributed by atoms with Crippen LogP contribution >= 0.6 is 24.2 Å². The summed E-state index contributed by atoms with van der Waals surface area (Å²) < 4.78 is 5.39. The van der Waals surface area contributed by atoms with Gasteiger partial charge in [-0.2, -0.15) is 11.8 Å².